The summed E-state index contributed by atoms with van der Waals surface area (Å²) in [6, 6.07) is 5.68. The van der Waals surface area contributed by atoms with Gasteiger partial charge in [-0.2, -0.15) is 5.10 Å². The lowest BCUT2D eigenvalue weighted by atomic mass is 10.1. The number of aromatic nitrogens is 3. The van der Waals surface area contributed by atoms with Gasteiger partial charge >= 0.3 is 0 Å². The van der Waals surface area contributed by atoms with E-state index in [1.165, 1.54) is 0 Å². The molecular formula is C13H17ClN4. The van der Waals surface area contributed by atoms with Crippen molar-refractivity contribution in [2.24, 2.45) is 0 Å². The lowest BCUT2D eigenvalue weighted by Crippen LogP contribution is -2.26. The molecule has 0 amide bonds. The van der Waals surface area contributed by atoms with Crippen LogP contribution in [0.2, 0.25) is 5.02 Å². The van der Waals surface area contributed by atoms with E-state index in [-0.39, 0.29) is 6.04 Å². The molecule has 1 N–H and O–H groups in total. The topological polar surface area (TPSA) is 42.7 Å². The van der Waals surface area contributed by atoms with E-state index in [0.29, 0.717) is 5.02 Å². The molecule has 0 saturated heterocycles. The first-order valence-corrected chi connectivity index (χ1v) is 6.51. The van der Waals surface area contributed by atoms with E-state index in [4.69, 9.17) is 11.6 Å². The van der Waals surface area contributed by atoms with E-state index in [0.717, 1.165) is 24.5 Å². The van der Waals surface area contributed by atoms with Crippen LogP contribution in [-0.2, 0) is 6.54 Å². The van der Waals surface area contributed by atoms with E-state index < -0.39 is 0 Å². The summed E-state index contributed by atoms with van der Waals surface area (Å²) >= 11 is 6.23. The van der Waals surface area contributed by atoms with E-state index in [2.05, 4.69) is 29.2 Å². The van der Waals surface area contributed by atoms with Crippen LogP contribution in [0.1, 0.15) is 31.3 Å². The summed E-state index contributed by atoms with van der Waals surface area (Å²) < 4.78 is 1.96. The molecule has 0 fully saturated rings. The number of aryl methyl sites for hydroxylation is 1. The summed E-state index contributed by atoms with van der Waals surface area (Å²) in [4.78, 5) is 4.39. The van der Waals surface area contributed by atoms with Gasteiger partial charge in [0.2, 0.25) is 0 Å². The Morgan fingerprint density at radius 3 is 2.83 bits per heavy atom. The molecule has 2 aromatic heterocycles. The summed E-state index contributed by atoms with van der Waals surface area (Å²) in [5, 5.41) is 8.38. The molecule has 1 atom stereocenters. The standard InChI is InChI=1S/C13H17ClN4/c1-3-15-13(11-7-9-17-18(11)4-2)12-10(14)6-5-8-16-12/h5-9,13,15H,3-4H2,1-2H3. The Balaban J connectivity index is 2.43. The van der Waals surface area contributed by atoms with Gasteiger partial charge in [0.15, 0.2) is 0 Å². The lowest BCUT2D eigenvalue weighted by Gasteiger charge is -2.19. The van der Waals surface area contributed by atoms with Gasteiger partial charge in [0.25, 0.3) is 0 Å². The van der Waals surface area contributed by atoms with Crippen molar-refractivity contribution in [2.45, 2.75) is 26.4 Å². The Labute approximate surface area is 112 Å². The fourth-order valence-corrected chi connectivity index (χ4v) is 2.24. The van der Waals surface area contributed by atoms with E-state index in [1.54, 1.807) is 12.4 Å². The zero-order valence-corrected chi connectivity index (χ0v) is 11.4. The van der Waals surface area contributed by atoms with Crippen molar-refractivity contribution in [2.75, 3.05) is 6.54 Å². The molecule has 0 saturated carbocycles. The molecule has 0 aliphatic rings. The molecule has 0 aliphatic heterocycles. The molecule has 5 heteroatoms. The maximum absolute atomic E-state index is 6.23. The summed E-state index contributed by atoms with van der Waals surface area (Å²) in [6.45, 7) is 5.80. The van der Waals surface area contributed by atoms with Crippen LogP contribution in [0.4, 0.5) is 0 Å². The molecule has 18 heavy (non-hydrogen) atoms. The zero-order valence-electron chi connectivity index (χ0n) is 10.6. The van der Waals surface area contributed by atoms with E-state index in [9.17, 15) is 0 Å². The number of nitrogens with one attached hydrogen (secondary N) is 1. The molecule has 2 aromatic rings. The van der Waals surface area contributed by atoms with Crippen molar-refractivity contribution in [1.82, 2.24) is 20.1 Å². The average Bonchev–Trinajstić information content (AvgIpc) is 2.85. The molecule has 0 aromatic carbocycles. The highest BCUT2D eigenvalue weighted by molar-refractivity contribution is 6.31. The Morgan fingerprint density at radius 1 is 1.33 bits per heavy atom. The largest absolute Gasteiger partial charge is 0.304 e. The zero-order chi connectivity index (χ0) is 13.0. The van der Waals surface area contributed by atoms with Gasteiger partial charge in [-0.1, -0.05) is 18.5 Å². The summed E-state index contributed by atoms with van der Waals surface area (Å²) in [7, 11) is 0. The van der Waals surface area contributed by atoms with Gasteiger partial charge in [-0.15, -0.1) is 0 Å². The Morgan fingerprint density at radius 2 is 2.17 bits per heavy atom. The minimum Gasteiger partial charge on any atom is -0.304 e. The molecule has 0 bridgehead atoms. The second-order valence-electron chi connectivity index (χ2n) is 3.93. The van der Waals surface area contributed by atoms with Gasteiger partial charge in [0.05, 0.1) is 22.5 Å². The number of pyridine rings is 1. The number of halogens is 1. The van der Waals surface area contributed by atoms with Crippen molar-refractivity contribution >= 4 is 11.6 Å². The van der Waals surface area contributed by atoms with Gasteiger partial charge in [0, 0.05) is 18.9 Å². The lowest BCUT2D eigenvalue weighted by molar-refractivity contribution is 0.534. The molecule has 1 unspecified atom stereocenters. The minimum atomic E-state index is -0.0221. The molecule has 0 spiro atoms. The third kappa shape index (κ3) is 2.54. The van der Waals surface area contributed by atoms with Gasteiger partial charge in [0.1, 0.15) is 0 Å². The van der Waals surface area contributed by atoms with Gasteiger partial charge in [-0.05, 0) is 31.7 Å². The quantitative estimate of drug-likeness (QED) is 0.903. The van der Waals surface area contributed by atoms with Crippen LogP contribution < -0.4 is 5.32 Å². The van der Waals surface area contributed by atoms with Gasteiger partial charge < -0.3 is 5.32 Å². The Hall–Kier alpha value is -1.39. The fraction of sp³-hybridized carbons (Fsp3) is 0.385. The highest BCUT2D eigenvalue weighted by Gasteiger charge is 2.20. The van der Waals surface area contributed by atoms with Gasteiger partial charge in [-0.25, -0.2) is 0 Å². The average molecular weight is 265 g/mol. The van der Waals surface area contributed by atoms with Crippen LogP contribution in [0.15, 0.2) is 30.6 Å². The molecule has 2 rings (SSSR count). The van der Waals surface area contributed by atoms with Gasteiger partial charge in [-0.3, -0.25) is 9.67 Å². The van der Waals surface area contributed by atoms with Crippen molar-refractivity contribution in [1.29, 1.82) is 0 Å². The van der Waals surface area contributed by atoms with E-state index in [1.807, 2.05) is 22.9 Å². The fourth-order valence-electron chi connectivity index (χ4n) is 2.01. The second kappa shape index (κ2) is 5.98. The van der Waals surface area contributed by atoms with Crippen LogP contribution in [0, 0.1) is 0 Å². The highest BCUT2D eigenvalue weighted by Crippen LogP contribution is 2.25. The van der Waals surface area contributed by atoms with E-state index >= 15 is 0 Å². The molecular weight excluding hydrogens is 248 g/mol. The first kappa shape index (κ1) is 13.1. The maximum Gasteiger partial charge on any atom is 0.0937 e. The predicted octanol–water partition coefficient (Wildman–Crippen LogP) is 2.65. The maximum atomic E-state index is 6.23. The van der Waals surface area contributed by atoms with Crippen molar-refractivity contribution in [3.05, 3.63) is 47.0 Å². The molecule has 0 radical (unpaired) electrons. The Kier molecular flexibility index (Phi) is 4.33. The normalized spacial score (nSPS) is 12.6. The monoisotopic (exact) mass is 264 g/mol. The highest BCUT2D eigenvalue weighted by atomic mass is 35.5. The third-order valence-corrected chi connectivity index (χ3v) is 3.13. The number of nitrogens with zero attached hydrogens (tertiary/aromatic N) is 3. The molecule has 0 aliphatic carbocycles. The molecule has 4 nitrogen and oxygen atoms in total. The van der Waals surface area contributed by atoms with Crippen LogP contribution in [0.3, 0.4) is 0 Å². The third-order valence-electron chi connectivity index (χ3n) is 2.81. The minimum absolute atomic E-state index is 0.0221. The molecule has 2 heterocycles. The van der Waals surface area contributed by atoms with Crippen molar-refractivity contribution in [3.63, 3.8) is 0 Å². The first-order chi connectivity index (χ1) is 8.77. The summed E-state index contributed by atoms with van der Waals surface area (Å²) in [5.74, 6) is 0. The second-order valence-corrected chi connectivity index (χ2v) is 4.34. The number of rotatable bonds is 5. The number of hydrogen-bond donors (Lipinski definition) is 1. The predicted molar refractivity (Wildman–Crippen MR) is 72.7 cm³/mol. The van der Waals surface area contributed by atoms with Crippen molar-refractivity contribution < 1.29 is 0 Å². The molecule has 96 valence electrons. The number of hydrogen-bond acceptors (Lipinski definition) is 3. The van der Waals surface area contributed by atoms with Crippen LogP contribution in [-0.4, -0.2) is 21.3 Å². The summed E-state index contributed by atoms with van der Waals surface area (Å²) in [5.41, 5.74) is 1.93. The first-order valence-electron chi connectivity index (χ1n) is 6.13. The van der Waals surface area contributed by atoms with Crippen LogP contribution in [0.25, 0.3) is 0 Å². The van der Waals surface area contributed by atoms with Crippen molar-refractivity contribution in [3.8, 4) is 0 Å². The van der Waals surface area contributed by atoms with Crippen LogP contribution in [0.5, 0.6) is 0 Å². The Bertz CT molecular complexity index is 509. The summed E-state index contributed by atoms with van der Waals surface area (Å²) in [6.07, 6.45) is 3.57. The van der Waals surface area contributed by atoms with Crippen LogP contribution >= 0.6 is 11.6 Å². The SMILES string of the molecule is CCNC(c1ncccc1Cl)c1ccnn1CC. The smallest absolute Gasteiger partial charge is 0.0937 e.